The molecule has 0 amide bonds. The number of alkyl halides is 3. The summed E-state index contributed by atoms with van der Waals surface area (Å²) in [6, 6.07) is 3.90. The molecule has 0 saturated heterocycles. The molecule has 7 nitrogen and oxygen atoms in total. The number of aromatic nitrogens is 4. The van der Waals surface area contributed by atoms with Crippen LogP contribution in [0.1, 0.15) is 11.3 Å². The van der Waals surface area contributed by atoms with Crippen LogP contribution < -0.4 is 9.47 Å². The summed E-state index contributed by atoms with van der Waals surface area (Å²) in [6.07, 6.45) is -4.62. The van der Waals surface area contributed by atoms with E-state index < -0.39 is 12.1 Å². The highest BCUT2D eigenvalue weighted by atomic mass is 35.5. The molecule has 0 aliphatic heterocycles. The lowest BCUT2D eigenvalue weighted by molar-refractivity contribution is -0.274. The molecule has 0 radical (unpaired) electrons. The third-order valence-electron chi connectivity index (χ3n) is 2.94. The Balaban J connectivity index is 1.89. The molecule has 11 heteroatoms. The smallest absolute Gasteiger partial charge is 0.480 e. The van der Waals surface area contributed by atoms with Crippen LogP contribution in [-0.2, 0) is 6.42 Å². The lowest BCUT2D eigenvalue weighted by Crippen LogP contribution is -2.17. The van der Waals surface area contributed by atoms with E-state index in [1.165, 1.54) is 19.2 Å². The Hall–Kier alpha value is -2.62. The number of hydrogen-bond acceptors (Lipinski definition) is 7. The highest BCUT2D eigenvalue weighted by Gasteiger charge is 2.32. The first-order valence-electron chi connectivity index (χ1n) is 6.43. The second-order valence-corrected chi connectivity index (χ2v) is 4.99. The number of nitrogens with zero attached hydrogens (tertiary/aromatic N) is 4. The van der Waals surface area contributed by atoms with E-state index in [2.05, 4.69) is 29.6 Å². The second-order valence-electron chi connectivity index (χ2n) is 4.58. The predicted molar refractivity (Wildman–Crippen MR) is 74.9 cm³/mol. The van der Waals surface area contributed by atoms with Crippen LogP contribution in [0.2, 0.25) is 5.02 Å². The Bertz CT molecular complexity index is 885. The number of hydrogen-bond donors (Lipinski definition) is 0. The minimum Gasteiger partial charge on any atom is -0.480 e. The summed E-state index contributed by atoms with van der Waals surface area (Å²) in [5.41, 5.74) is 1.36. The van der Waals surface area contributed by atoms with Gasteiger partial charge in [0.1, 0.15) is 11.4 Å². The average molecular weight is 361 g/mol. The van der Waals surface area contributed by atoms with Gasteiger partial charge in [-0.2, -0.15) is 4.98 Å². The van der Waals surface area contributed by atoms with Gasteiger partial charge in [0, 0.05) is 6.42 Å². The number of methoxy groups -OCH3 is 1. The number of fused-ring (bicyclic) bond motifs is 1. The van der Waals surface area contributed by atoms with Crippen molar-refractivity contribution in [2.75, 3.05) is 7.11 Å². The normalized spacial score (nSPS) is 11.7. The summed E-state index contributed by atoms with van der Waals surface area (Å²) in [7, 11) is 1.40. The predicted octanol–water partition coefficient (Wildman–Crippen LogP) is 3.16. The summed E-state index contributed by atoms with van der Waals surface area (Å²) in [5, 5.41) is 6.95. The molecule has 1 aromatic carbocycles. The zero-order chi connectivity index (χ0) is 17.3. The van der Waals surface area contributed by atoms with Crippen molar-refractivity contribution in [1.82, 2.24) is 20.3 Å². The molecule has 24 heavy (non-hydrogen) atoms. The van der Waals surface area contributed by atoms with Crippen molar-refractivity contribution < 1.29 is 27.3 Å². The molecular weight excluding hydrogens is 353 g/mol. The third-order valence-corrected chi connectivity index (χ3v) is 3.23. The SMILES string of the molecule is COc1nc2nonc2nc1Cc1ccc(OC(F)(F)F)c(Cl)c1. The molecule has 0 spiro atoms. The van der Waals surface area contributed by atoms with Crippen molar-refractivity contribution in [2.45, 2.75) is 12.8 Å². The minimum absolute atomic E-state index is 0.180. The first-order chi connectivity index (χ1) is 11.4. The highest BCUT2D eigenvalue weighted by Crippen LogP contribution is 2.31. The fraction of sp³-hybridized carbons (Fsp3) is 0.231. The third kappa shape index (κ3) is 3.48. The Kier molecular flexibility index (Phi) is 4.14. The summed E-state index contributed by atoms with van der Waals surface area (Å²) in [6.45, 7) is 0. The van der Waals surface area contributed by atoms with Gasteiger partial charge in [-0.1, -0.05) is 17.7 Å². The van der Waals surface area contributed by atoms with Gasteiger partial charge in [0.05, 0.1) is 12.1 Å². The van der Waals surface area contributed by atoms with Gasteiger partial charge in [-0.15, -0.1) is 13.2 Å². The molecule has 2 heterocycles. The van der Waals surface area contributed by atoms with Crippen LogP contribution in [0, 0.1) is 0 Å². The van der Waals surface area contributed by atoms with E-state index in [9.17, 15) is 13.2 Å². The minimum atomic E-state index is -4.81. The number of ether oxygens (including phenoxy) is 2. The van der Waals surface area contributed by atoms with E-state index in [4.69, 9.17) is 16.3 Å². The molecule has 3 rings (SSSR count). The van der Waals surface area contributed by atoms with Crippen molar-refractivity contribution in [3.05, 3.63) is 34.5 Å². The standard InChI is InChI=1S/C13H8ClF3N4O3/c1-22-12-8(18-10-11(19-12)21-24-20-10)5-6-2-3-9(7(14)4-6)23-13(15,16)17/h2-4H,5H2,1H3. The molecule has 0 aliphatic carbocycles. The second kappa shape index (κ2) is 6.11. The van der Waals surface area contributed by atoms with Gasteiger partial charge in [-0.3, -0.25) is 0 Å². The lowest BCUT2D eigenvalue weighted by atomic mass is 10.1. The van der Waals surface area contributed by atoms with Gasteiger partial charge >= 0.3 is 6.36 Å². The molecule has 0 bridgehead atoms. The molecule has 0 N–H and O–H groups in total. The lowest BCUT2D eigenvalue weighted by Gasteiger charge is -2.11. The van der Waals surface area contributed by atoms with Crippen LogP contribution in [0.4, 0.5) is 13.2 Å². The maximum Gasteiger partial charge on any atom is 0.573 e. The van der Waals surface area contributed by atoms with Gasteiger partial charge < -0.3 is 9.47 Å². The Labute approximate surface area is 137 Å². The molecule has 0 fully saturated rings. The van der Waals surface area contributed by atoms with E-state index in [0.717, 1.165) is 6.07 Å². The molecular formula is C13H8ClF3N4O3. The zero-order valence-electron chi connectivity index (χ0n) is 12.0. The first-order valence-corrected chi connectivity index (χ1v) is 6.81. The molecule has 0 atom stereocenters. The van der Waals surface area contributed by atoms with E-state index in [1.807, 2.05) is 0 Å². The Morgan fingerprint density at radius 1 is 1.17 bits per heavy atom. The average Bonchev–Trinajstić information content (AvgIpc) is 2.95. The first kappa shape index (κ1) is 16.2. The van der Waals surface area contributed by atoms with Crippen LogP contribution in [0.3, 0.4) is 0 Å². The molecule has 0 saturated carbocycles. The van der Waals surface area contributed by atoms with E-state index in [1.54, 1.807) is 0 Å². The van der Waals surface area contributed by atoms with Crippen LogP contribution >= 0.6 is 11.6 Å². The van der Waals surface area contributed by atoms with Crippen molar-refractivity contribution in [1.29, 1.82) is 0 Å². The number of rotatable bonds is 4. The summed E-state index contributed by atoms with van der Waals surface area (Å²) < 4.78 is 50.2. The van der Waals surface area contributed by atoms with Gasteiger partial charge in [-0.25, -0.2) is 9.61 Å². The van der Waals surface area contributed by atoms with Gasteiger partial charge in [0.25, 0.3) is 0 Å². The molecule has 2 aromatic heterocycles. The fourth-order valence-corrected chi connectivity index (χ4v) is 2.23. The van der Waals surface area contributed by atoms with E-state index in [0.29, 0.717) is 11.3 Å². The molecule has 0 aliphatic rings. The Morgan fingerprint density at radius 3 is 2.50 bits per heavy atom. The topological polar surface area (TPSA) is 83.2 Å². The Morgan fingerprint density at radius 2 is 1.88 bits per heavy atom. The van der Waals surface area contributed by atoms with Crippen LogP contribution in [0.25, 0.3) is 11.3 Å². The van der Waals surface area contributed by atoms with Crippen LogP contribution in [0.15, 0.2) is 22.8 Å². The largest absolute Gasteiger partial charge is 0.573 e. The zero-order valence-corrected chi connectivity index (χ0v) is 12.7. The number of benzene rings is 1. The van der Waals surface area contributed by atoms with Gasteiger partial charge in [0.2, 0.25) is 17.2 Å². The van der Waals surface area contributed by atoms with Crippen molar-refractivity contribution in [3.63, 3.8) is 0 Å². The monoisotopic (exact) mass is 360 g/mol. The summed E-state index contributed by atoms with van der Waals surface area (Å²) in [4.78, 5) is 8.28. The molecule has 0 unspecified atom stereocenters. The van der Waals surface area contributed by atoms with Crippen LogP contribution in [-0.4, -0.2) is 33.8 Å². The summed E-state index contributed by atoms with van der Waals surface area (Å²) in [5.74, 6) is -0.285. The van der Waals surface area contributed by atoms with Crippen molar-refractivity contribution in [3.8, 4) is 11.6 Å². The van der Waals surface area contributed by atoms with Gasteiger partial charge in [0.15, 0.2) is 0 Å². The molecule has 3 aromatic rings. The highest BCUT2D eigenvalue weighted by molar-refractivity contribution is 6.32. The molecule has 126 valence electrons. The van der Waals surface area contributed by atoms with Crippen molar-refractivity contribution >= 4 is 22.9 Å². The number of halogens is 4. The van der Waals surface area contributed by atoms with Crippen molar-refractivity contribution in [2.24, 2.45) is 0 Å². The summed E-state index contributed by atoms with van der Waals surface area (Å²) >= 11 is 5.82. The van der Waals surface area contributed by atoms with Gasteiger partial charge in [-0.05, 0) is 28.0 Å². The maximum atomic E-state index is 12.2. The van der Waals surface area contributed by atoms with E-state index >= 15 is 0 Å². The van der Waals surface area contributed by atoms with Crippen LogP contribution in [0.5, 0.6) is 11.6 Å². The maximum absolute atomic E-state index is 12.2. The van der Waals surface area contributed by atoms with E-state index in [-0.39, 0.29) is 28.6 Å². The quantitative estimate of drug-likeness (QED) is 0.706. The fourth-order valence-electron chi connectivity index (χ4n) is 1.99.